The lowest BCUT2D eigenvalue weighted by molar-refractivity contribution is 0.104. The molecule has 0 saturated heterocycles. The molecule has 0 radical (unpaired) electrons. The van der Waals surface area contributed by atoms with E-state index in [1.807, 2.05) is 12.1 Å². The van der Waals surface area contributed by atoms with Gasteiger partial charge in [0.2, 0.25) is 0 Å². The molecule has 0 atom stereocenters. The average molecular weight is 382 g/mol. The lowest BCUT2D eigenvalue weighted by atomic mass is 9.95. The third kappa shape index (κ3) is 1.95. The van der Waals surface area contributed by atoms with E-state index in [4.69, 9.17) is 23.2 Å². The molecule has 1 aliphatic carbocycles. The number of H-pyrrole nitrogens is 2. The van der Waals surface area contributed by atoms with Crippen LogP contribution in [0, 0.1) is 0 Å². The van der Waals surface area contributed by atoms with Gasteiger partial charge in [-0.15, -0.1) is 0 Å². The fourth-order valence-electron chi connectivity index (χ4n) is 3.45. The Morgan fingerprint density at radius 2 is 1.62 bits per heavy atom. The minimum absolute atomic E-state index is 0.160. The highest BCUT2D eigenvalue weighted by Crippen LogP contribution is 2.43. The summed E-state index contributed by atoms with van der Waals surface area (Å²) >= 11 is 12.2. The zero-order chi connectivity index (χ0) is 18.0. The van der Waals surface area contributed by atoms with Crippen molar-refractivity contribution in [2.45, 2.75) is 0 Å². The first-order valence-electron chi connectivity index (χ1n) is 7.80. The highest BCUT2D eigenvalue weighted by molar-refractivity contribution is 6.42. The number of nitrogens with one attached hydrogen (secondary N) is 2. The summed E-state index contributed by atoms with van der Waals surface area (Å²) in [7, 11) is 0. The first-order chi connectivity index (χ1) is 12.6. The van der Waals surface area contributed by atoms with Crippen LogP contribution in [0.5, 0.6) is 0 Å². The first-order valence-corrected chi connectivity index (χ1v) is 8.55. The molecule has 7 heteroatoms. The Kier molecular flexibility index (Phi) is 3.13. The van der Waals surface area contributed by atoms with Crippen LogP contribution in [0.1, 0.15) is 15.9 Å². The third-order valence-corrected chi connectivity index (χ3v) is 5.32. The van der Waals surface area contributed by atoms with Crippen molar-refractivity contribution in [3.63, 3.8) is 0 Å². The minimum atomic E-state index is -0.347. The van der Waals surface area contributed by atoms with Gasteiger partial charge in [0.1, 0.15) is 0 Å². The van der Waals surface area contributed by atoms with E-state index in [-0.39, 0.29) is 11.3 Å². The van der Waals surface area contributed by atoms with Gasteiger partial charge in [-0.2, -0.15) is 0 Å². The highest BCUT2D eigenvalue weighted by atomic mass is 35.5. The van der Waals surface area contributed by atoms with Gasteiger partial charge in [0, 0.05) is 16.7 Å². The van der Waals surface area contributed by atoms with Gasteiger partial charge in [-0.1, -0.05) is 53.5 Å². The van der Waals surface area contributed by atoms with Crippen LogP contribution in [0.15, 0.2) is 47.3 Å². The number of pyridine rings is 1. The first kappa shape index (κ1) is 15.4. The molecular formula is C19H9Cl2N3O2. The number of halogens is 2. The van der Waals surface area contributed by atoms with E-state index in [0.29, 0.717) is 49.0 Å². The topological polar surface area (TPSA) is 78.6 Å². The molecule has 0 bridgehead atoms. The molecule has 2 N–H and O–H groups in total. The molecular weight excluding hydrogens is 373 g/mol. The quantitative estimate of drug-likeness (QED) is 0.450. The summed E-state index contributed by atoms with van der Waals surface area (Å²) in [5, 5.41) is 6.39. The van der Waals surface area contributed by atoms with E-state index in [1.165, 1.54) is 0 Å². The molecule has 0 fully saturated rings. The standard InChI is InChI=1S/C19H9Cl2N3O2/c20-11-6-5-8(7-12(11)21)13-14-16(22-18-15(13)19(26)24-23-18)9-3-1-2-4-10(9)17(14)25/h1-7H,(H2,22,23,24,26). The van der Waals surface area contributed by atoms with Crippen LogP contribution in [-0.4, -0.2) is 21.0 Å². The Morgan fingerprint density at radius 1 is 0.846 bits per heavy atom. The maximum atomic E-state index is 13.1. The number of hydrogen-bond acceptors (Lipinski definition) is 3. The Hall–Kier alpha value is -2.89. The van der Waals surface area contributed by atoms with Crippen molar-refractivity contribution in [1.29, 1.82) is 0 Å². The van der Waals surface area contributed by atoms with Gasteiger partial charge in [-0.3, -0.25) is 19.8 Å². The molecule has 0 amide bonds. The van der Waals surface area contributed by atoms with Crippen LogP contribution in [-0.2, 0) is 0 Å². The van der Waals surface area contributed by atoms with Crippen molar-refractivity contribution in [3.8, 4) is 22.4 Å². The Labute approximate surface area is 156 Å². The number of fused-ring (bicyclic) bond motifs is 4. The summed E-state index contributed by atoms with van der Waals surface area (Å²) in [5.41, 5.74) is 3.45. The van der Waals surface area contributed by atoms with Gasteiger partial charge >= 0.3 is 0 Å². The molecule has 0 spiro atoms. The van der Waals surface area contributed by atoms with Gasteiger partial charge in [0.15, 0.2) is 11.4 Å². The van der Waals surface area contributed by atoms with E-state index in [1.54, 1.807) is 30.3 Å². The molecule has 4 aromatic rings. The number of nitrogens with zero attached hydrogens (tertiary/aromatic N) is 1. The predicted molar refractivity (Wildman–Crippen MR) is 101 cm³/mol. The average Bonchev–Trinajstić information content (AvgIpc) is 3.15. The second-order valence-electron chi connectivity index (χ2n) is 6.02. The van der Waals surface area contributed by atoms with E-state index < -0.39 is 0 Å². The lowest BCUT2D eigenvalue weighted by Crippen LogP contribution is -2.05. The zero-order valence-corrected chi connectivity index (χ0v) is 14.6. The van der Waals surface area contributed by atoms with Crippen molar-refractivity contribution in [2.75, 3.05) is 0 Å². The minimum Gasteiger partial charge on any atom is -0.288 e. The van der Waals surface area contributed by atoms with Gasteiger partial charge in [-0.25, -0.2) is 4.98 Å². The fourth-order valence-corrected chi connectivity index (χ4v) is 3.75. The normalized spacial score (nSPS) is 12.5. The van der Waals surface area contributed by atoms with Crippen LogP contribution in [0.3, 0.4) is 0 Å². The van der Waals surface area contributed by atoms with Gasteiger partial charge in [-0.05, 0) is 17.7 Å². The number of aromatic nitrogens is 3. The van der Waals surface area contributed by atoms with Crippen LogP contribution < -0.4 is 5.56 Å². The van der Waals surface area contributed by atoms with Gasteiger partial charge in [0.25, 0.3) is 5.56 Å². The second-order valence-corrected chi connectivity index (χ2v) is 6.83. The van der Waals surface area contributed by atoms with E-state index in [0.717, 1.165) is 5.56 Å². The second kappa shape index (κ2) is 5.30. The maximum absolute atomic E-state index is 13.1. The van der Waals surface area contributed by atoms with Crippen LogP contribution in [0.25, 0.3) is 33.4 Å². The van der Waals surface area contributed by atoms with Gasteiger partial charge in [0.05, 0.1) is 26.7 Å². The summed E-state index contributed by atoms with van der Waals surface area (Å²) in [4.78, 5) is 30.0. The van der Waals surface area contributed by atoms with Crippen LogP contribution in [0.2, 0.25) is 10.0 Å². The van der Waals surface area contributed by atoms with Crippen molar-refractivity contribution in [2.24, 2.45) is 0 Å². The number of rotatable bonds is 1. The molecule has 26 heavy (non-hydrogen) atoms. The molecule has 0 saturated carbocycles. The maximum Gasteiger partial charge on any atom is 0.274 e. The van der Waals surface area contributed by atoms with E-state index in [9.17, 15) is 9.59 Å². The number of carbonyl (C=O) groups excluding carboxylic acids is 1. The zero-order valence-electron chi connectivity index (χ0n) is 13.1. The molecule has 126 valence electrons. The molecule has 1 aliphatic rings. The summed E-state index contributed by atoms with van der Waals surface area (Å²) in [6.45, 7) is 0. The number of benzene rings is 2. The lowest BCUT2D eigenvalue weighted by Gasteiger charge is -2.10. The molecule has 2 aromatic heterocycles. The Bertz CT molecular complexity index is 1300. The largest absolute Gasteiger partial charge is 0.288 e. The third-order valence-electron chi connectivity index (χ3n) is 4.58. The smallest absolute Gasteiger partial charge is 0.274 e. The SMILES string of the molecule is O=C1c2ccccc2-c2nc3[nH][nH]c(=O)c3c(-c3ccc(Cl)c(Cl)c3)c21. The summed E-state index contributed by atoms with van der Waals surface area (Å²) in [6.07, 6.45) is 0. The fraction of sp³-hybridized carbons (Fsp3) is 0. The number of aromatic amines is 2. The van der Waals surface area contributed by atoms with Crippen LogP contribution in [0.4, 0.5) is 0 Å². The monoisotopic (exact) mass is 381 g/mol. The predicted octanol–water partition coefficient (Wildman–Crippen LogP) is 4.44. The number of carbonyl (C=O) groups is 1. The number of hydrogen-bond donors (Lipinski definition) is 2. The molecule has 5 rings (SSSR count). The molecule has 2 aromatic carbocycles. The summed E-state index contributed by atoms with van der Waals surface area (Å²) in [6, 6.07) is 12.3. The van der Waals surface area contributed by atoms with Crippen molar-refractivity contribution >= 4 is 40.0 Å². The van der Waals surface area contributed by atoms with E-state index >= 15 is 0 Å². The molecule has 5 nitrogen and oxygen atoms in total. The van der Waals surface area contributed by atoms with Crippen molar-refractivity contribution < 1.29 is 4.79 Å². The van der Waals surface area contributed by atoms with E-state index in [2.05, 4.69) is 15.2 Å². The molecule has 0 unspecified atom stereocenters. The Morgan fingerprint density at radius 3 is 2.38 bits per heavy atom. The Balaban J connectivity index is 1.97. The number of ketones is 1. The van der Waals surface area contributed by atoms with Crippen LogP contribution >= 0.6 is 23.2 Å². The summed E-state index contributed by atoms with van der Waals surface area (Å²) in [5.74, 6) is -0.160. The highest BCUT2D eigenvalue weighted by Gasteiger charge is 2.33. The summed E-state index contributed by atoms with van der Waals surface area (Å²) < 4.78 is 0. The van der Waals surface area contributed by atoms with Gasteiger partial charge < -0.3 is 0 Å². The van der Waals surface area contributed by atoms with Crippen molar-refractivity contribution in [3.05, 3.63) is 74.0 Å². The van der Waals surface area contributed by atoms with Crippen molar-refractivity contribution in [1.82, 2.24) is 15.2 Å². The molecule has 2 heterocycles. The molecule has 0 aliphatic heterocycles.